The van der Waals surface area contributed by atoms with Crippen molar-refractivity contribution in [3.05, 3.63) is 47.9 Å². The van der Waals surface area contributed by atoms with E-state index in [-0.39, 0.29) is 30.4 Å². The summed E-state index contributed by atoms with van der Waals surface area (Å²) in [4.78, 5) is 14.4. The maximum Gasteiger partial charge on any atom is 0.239 e. The van der Waals surface area contributed by atoms with Crippen molar-refractivity contribution >= 4 is 11.7 Å². The third-order valence-electron chi connectivity index (χ3n) is 4.19. The molecular weight excluding hydrogens is 323 g/mol. The van der Waals surface area contributed by atoms with E-state index in [4.69, 9.17) is 4.74 Å². The second-order valence-corrected chi connectivity index (χ2v) is 6.45. The van der Waals surface area contributed by atoms with Gasteiger partial charge in [0.1, 0.15) is 11.6 Å². The highest BCUT2D eigenvalue weighted by molar-refractivity contribution is 5.91. The average molecular weight is 346 g/mol. The van der Waals surface area contributed by atoms with Gasteiger partial charge in [0.05, 0.1) is 25.5 Å². The van der Waals surface area contributed by atoms with E-state index in [9.17, 15) is 9.18 Å². The number of carbonyl (C=O) groups is 1. The fourth-order valence-corrected chi connectivity index (χ4v) is 2.94. The van der Waals surface area contributed by atoms with Crippen LogP contribution in [0.3, 0.4) is 0 Å². The topological polar surface area (TPSA) is 59.4 Å². The number of hydrogen-bond donors (Lipinski definition) is 1. The third kappa shape index (κ3) is 4.43. The first-order valence-corrected chi connectivity index (χ1v) is 8.45. The first-order chi connectivity index (χ1) is 12.0. The Morgan fingerprint density at radius 3 is 2.84 bits per heavy atom. The maximum atomic E-state index is 13.1. The molecule has 3 rings (SSSR count). The molecule has 25 heavy (non-hydrogen) atoms. The minimum absolute atomic E-state index is 0.0813. The number of amides is 1. The zero-order valence-corrected chi connectivity index (χ0v) is 14.5. The van der Waals surface area contributed by atoms with Gasteiger partial charge in [-0.3, -0.25) is 9.69 Å². The summed E-state index contributed by atoms with van der Waals surface area (Å²) in [6, 6.07) is 8.28. The van der Waals surface area contributed by atoms with Crippen molar-refractivity contribution in [3.63, 3.8) is 0 Å². The van der Waals surface area contributed by atoms with Gasteiger partial charge in [0.25, 0.3) is 0 Å². The smallest absolute Gasteiger partial charge is 0.239 e. The van der Waals surface area contributed by atoms with E-state index >= 15 is 0 Å². The summed E-state index contributed by atoms with van der Waals surface area (Å²) in [7, 11) is 0. The monoisotopic (exact) mass is 346 g/mol. The van der Waals surface area contributed by atoms with Gasteiger partial charge in [-0.25, -0.2) is 9.07 Å². The molecule has 1 fully saturated rings. The predicted molar refractivity (Wildman–Crippen MR) is 92.8 cm³/mol. The molecule has 134 valence electrons. The van der Waals surface area contributed by atoms with Crippen molar-refractivity contribution in [2.45, 2.75) is 26.0 Å². The molecule has 1 aromatic heterocycles. The normalized spacial score (nSPS) is 18.5. The highest BCUT2D eigenvalue weighted by Gasteiger charge is 2.24. The average Bonchev–Trinajstić information content (AvgIpc) is 3.04. The summed E-state index contributed by atoms with van der Waals surface area (Å²) in [6.45, 7) is 6.14. The first-order valence-electron chi connectivity index (χ1n) is 8.45. The van der Waals surface area contributed by atoms with Gasteiger partial charge in [0, 0.05) is 25.2 Å². The molecule has 2 heterocycles. The minimum Gasteiger partial charge on any atom is -0.371 e. The molecule has 1 aliphatic rings. The molecule has 7 heteroatoms. The highest BCUT2D eigenvalue weighted by Crippen LogP contribution is 2.22. The van der Waals surface area contributed by atoms with Crippen LogP contribution in [-0.2, 0) is 9.53 Å². The van der Waals surface area contributed by atoms with Crippen LogP contribution in [-0.4, -0.2) is 46.8 Å². The Labute approximate surface area is 146 Å². The van der Waals surface area contributed by atoms with Crippen LogP contribution in [0.25, 0.3) is 0 Å². The van der Waals surface area contributed by atoms with Crippen molar-refractivity contribution in [3.8, 4) is 0 Å². The summed E-state index contributed by atoms with van der Waals surface area (Å²) in [6.07, 6.45) is 1.53. The van der Waals surface area contributed by atoms with Crippen molar-refractivity contribution in [2.24, 2.45) is 0 Å². The van der Waals surface area contributed by atoms with Crippen LogP contribution in [0.15, 0.2) is 36.5 Å². The van der Waals surface area contributed by atoms with Crippen LogP contribution >= 0.6 is 0 Å². The number of benzene rings is 1. The largest absolute Gasteiger partial charge is 0.371 e. The molecule has 0 saturated carbocycles. The summed E-state index contributed by atoms with van der Waals surface area (Å²) >= 11 is 0. The second-order valence-electron chi connectivity index (χ2n) is 6.45. The van der Waals surface area contributed by atoms with E-state index in [1.165, 1.54) is 12.1 Å². The lowest BCUT2D eigenvalue weighted by Gasteiger charge is -2.32. The van der Waals surface area contributed by atoms with Crippen LogP contribution in [0.2, 0.25) is 0 Å². The Kier molecular flexibility index (Phi) is 5.45. The number of nitrogens with zero attached hydrogens (tertiary/aromatic N) is 3. The van der Waals surface area contributed by atoms with Gasteiger partial charge in [0.15, 0.2) is 0 Å². The Morgan fingerprint density at radius 2 is 2.12 bits per heavy atom. The first kappa shape index (κ1) is 17.6. The molecule has 0 aliphatic carbocycles. The maximum absolute atomic E-state index is 13.1. The van der Waals surface area contributed by atoms with Crippen molar-refractivity contribution < 1.29 is 13.9 Å². The van der Waals surface area contributed by atoms with Gasteiger partial charge in [0.2, 0.25) is 5.91 Å². The van der Waals surface area contributed by atoms with E-state index < -0.39 is 0 Å². The van der Waals surface area contributed by atoms with E-state index in [1.807, 2.05) is 18.7 Å². The number of carbonyl (C=O) groups excluding carboxylic acids is 1. The number of ether oxygens (including phenoxy) is 1. The molecule has 1 saturated heterocycles. The van der Waals surface area contributed by atoms with E-state index in [0.717, 1.165) is 5.56 Å². The van der Waals surface area contributed by atoms with Gasteiger partial charge in [-0.05, 0) is 31.5 Å². The van der Waals surface area contributed by atoms with E-state index in [0.29, 0.717) is 25.5 Å². The lowest BCUT2D eigenvalue weighted by Crippen LogP contribution is -2.42. The van der Waals surface area contributed by atoms with Crippen molar-refractivity contribution in [1.29, 1.82) is 0 Å². The zero-order valence-electron chi connectivity index (χ0n) is 14.5. The summed E-state index contributed by atoms with van der Waals surface area (Å²) in [5.74, 6) is 0.350. The Morgan fingerprint density at radius 1 is 1.36 bits per heavy atom. The quantitative estimate of drug-likeness (QED) is 0.904. The van der Waals surface area contributed by atoms with E-state index in [2.05, 4.69) is 10.4 Å². The van der Waals surface area contributed by atoms with Crippen LogP contribution in [0, 0.1) is 5.82 Å². The minimum atomic E-state index is -0.266. The van der Waals surface area contributed by atoms with Crippen LogP contribution in [0.1, 0.15) is 31.6 Å². The molecule has 0 bridgehead atoms. The third-order valence-corrected chi connectivity index (χ3v) is 4.19. The number of aromatic nitrogens is 2. The number of halogens is 1. The van der Waals surface area contributed by atoms with Crippen LogP contribution < -0.4 is 5.32 Å². The van der Waals surface area contributed by atoms with Crippen molar-refractivity contribution in [1.82, 2.24) is 14.7 Å². The molecule has 1 N–H and O–H groups in total. The molecule has 2 aromatic rings. The Hall–Kier alpha value is -2.25. The molecule has 1 unspecified atom stereocenters. The Balaban J connectivity index is 1.57. The lowest BCUT2D eigenvalue weighted by atomic mass is 10.1. The molecular formula is C18H23FN4O2. The fourth-order valence-electron chi connectivity index (χ4n) is 2.94. The van der Waals surface area contributed by atoms with Gasteiger partial charge >= 0.3 is 0 Å². The summed E-state index contributed by atoms with van der Waals surface area (Å²) in [5, 5.41) is 7.12. The standard InChI is InChI=1S/C18H23FN4O2/c1-13(2)23-17(7-8-20-23)21-18(24)12-22-9-10-25-16(11-22)14-3-5-15(19)6-4-14/h3-8,13,16H,9-12H2,1-2H3,(H,21,24). The molecule has 1 amide bonds. The van der Waals surface area contributed by atoms with Gasteiger partial charge < -0.3 is 10.1 Å². The molecule has 0 radical (unpaired) electrons. The fraction of sp³-hybridized carbons (Fsp3) is 0.444. The zero-order chi connectivity index (χ0) is 17.8. The summed E-state index contributed by atoms with van der Waals surface area (Å²) in [5.41, 5.74) is 0.921. The predicted octanol–water partition coefficient (Wildman–Crippen LogP) is 2.62. The number of nitrogens with one attached hydrogen (secondary N) is 1. The molecule has 0 spiro atoms. The summed E-state index contributed by atoms with van der Waals surface area (Å²) < 4.78 is 20.6. The van der Waals surface area contributed by atoms with Gasteiger partial charge in [-0.1, -0.05) is 12.1 Å². The number of morpholine rings is 1. The second kappa shape index (κ2) is 7.76. The van der Waals surface area contributed by atoms with Gasteiger partial charge in [-0.15, -0.1) is 0 Å². The van der Waals surface area contributed by atoms with Crippen LogP contribution in [0.4, 0.5) is 10.2 Å². The number of hydrogen-bond acceptors (Lipinski definition) is 4. The lowest BCUT2D eigenvalue weighted by molar-refractivity contribution is -0.119. The molecule has 1 aromatic carbocycles. The SMILES string of the molecule is CC(C)n1nccc1NC(=O)CN1CCOC(c2ccc(F)cc2)C1. The van der Waals surface area contributed by atoms with Crippen LogP contribution in [0.5, 0.6) is 0 Å². The molecule has 6 nitrogen and oxygen atoms in total. The molecule has 1 atom stereocenters. The van der Waals surface area contributed by atoms with E-state index in [1.54, 1.807) is 29.1 Å². The highest BCUT2D eigenvalue weighted by atomic mass is 19.1. The van der Waals surface area contributed by atoms with Crippen molar-refractivity contribution in [2.75, 3.05) is 31.6 Å². The molecule has 1 aliphatic heterocycles. The number of anilines is 1. The number of rotatable bonds is 5. The Bertz CT molecular complexity index is 714. The van der Waals surface area contributed by atoms with Gasteiger partial charge in [-0.2, -0.15) is 5.10 Å².